The number of anilines is 1. The lowest BCUT2D eigenvalue weighted by Gasteiger charge is -2.09. The molecular weight excluding hydrogens is 254 g/mol. The number of amides is 1. The fraction of sp³-hybridized carbons (Fsp3) is 0.333. The third-order valence-electron chi connectivity index (χ3n) is 3.51. The van der Waals surface area contributed by atoms with Gasteiger partial charge in [0, 0.05) is 30.6 Å². The van der Waals surface area contributed by atoms with E-state index in [9.17, 15) is 4.79 Å². The lowest BCUT2D eigenvalue weighted by atomic mass is 9.97. The van der Waals surface area contributed by atoms with Crippen molar-refractivity contribution in [2.24, 2.45) is 0 Å². The zero-order valence-electron chi connectivity index (χ0n) is 11.3. The molecule has 0 radical (unpaired) electrons. The molecule has 1 atom stereocenters. The molecule has 1 aliphatic heterocycles. The largest absolute Gasteiger partial charge is 0.384 e. The van der Waals surface area contributed by atoms with Gasteiger partial charge < -0.3 is 15.2 Å². The molecule has 104 valence electrons. The standard InChI is InChI=1S/C15H17N3O2/c1-10-6-12(20-18-10)9-17-15(19)7-11-8-16-14-5-3-2-4-13(11)14/h2-6,11,16H,7-9H2,1H3,(H,17,19). The lowest BCUT2D eigenvalue weighted by Crippen LogP contribution is -2.24. The van der Waals surface area contributed by atoms with E-state index in [0.29, 0.717) is 18.7 Å². The summed E-state index contributed by atoms with van der Waals surface area (Å²) in [6.45, 7) is 3.06. The van der Waals surface area contributed by atoms with E-state index < -0.39 is 0 Å². The van der Waals surface area contributed by atoms with Gasteiger partial charge >= 0.3 is 0 Å². The van der Waals surface area contributed by atoms with Crippen molar-refractivity contribution in [1.82, 2.24) is 10.5 Å². The van der Waals surface area contributed by atoms with Crippen molar-refractivity contribution in [3.63, 3.8) is 0 Å². The third kappa shape index (κ3) is 2.66. The Hall–Kier alpha value is -2.30. The van der Waals surface area contributed by atoms with Crippen LogP contribution < -0.4 is 10.6 Å². The minimum Gasteiger partial charge on any atom is -0.384 e. The van der Waals surface area contributed by atoms with E-state index >= 15 is 0 Å². The van der Waals surface area contributed by atoms with Crippen LogP contribution >= 0.6 is 0 Å². The molecule has 2 aromatic rings. The predicted molar refractivity (Wildman–Crippen MR) is 75.4 cm³/mol. The summed E-state index contributed by atoms with van der Waals surface area (Å²) in [5, 5.41) is 9.98. The number of rotatable bonds is 4. The predicted octanol–water partition coefficient (Wildman–Crippen LogP) is 2.20. The summed E-state index contributed by atoms with van der Waals surface area (Å²) < 4.78 is 5.06. The summed E-state index contributed by atoms with van der Waals surface area (Å²) in [5.41, 5.74) is 3.18. The van der Waals surface area contributed by atoms with Crippen LogP contribution in [-0.4, -0.2) is 17.6 Å². The summed E-state index contributed by atoms with van der Waals surface area (Å²) >= 11 is 0. The van der Waals surface area contributed by atoms with Crippen LogP contribution in [0.25, 0.3) is 0 Å². The second-order valence-corrected chi connectivity index (χ2v) is 5.08. The quantitative estimate of drug-likeness (QED) is 0.894. The molecule has 0 fully saturated rings. The molecule has 1 aromatic heterocycles. The fourth-order valence-corrected chi connectivity index (χ4v) is 2.52. The minimum absolute atomic E-state index is 0.0301. The first-order chi connectivity index (χ1) is 9.72. The Kier molecular flexibility index (Phi) is 3.41. The Bertz CT molecular complexity index is 621. The van der Waals surface area contributed by atoms with Crippen molar-refractivity contribution >= 4 is 11.6 Å². The molecule has 3 rings (SSSR count). The summed E-state index contributed by atoms with van der Waals surface area (Å²) in [4.78, 5) is 12.0. The molecule has 0 bridgehead atoms. The van der Waals surface area contributed by atoms with Gasteiger partial charge in [0.25, 0.3) is 0 Å². The first-order valence-corrected chi connectivity index (χ1v) is 6.74. The Balaban J connectivity index is 1.55. The van der Waals surface area contributed by atoms with E-state index in [4.69, 9.17) is 4.52 Å². The molecule has 0 saturated heterocycles. The topological polar surface area (TPSA) is 67.2 Å². The van der Waals surface area contributed by atoms with Gasteiger partial charge in [0.2, 0.25) is 5.91 Å². The second-order valence-electron chi connectivity index (χ2n) is 5.08. The highest BCUT2D eigenvalue weighted by molar-refractivity contribution is 5.78. The number of aryl methyl sites for hydroxylation is 1. The van der Waals surface area contributed by atoms with Gasteiger partial charge in [-0.1, -0.05) is 23.4 Å². The number of carbonyl (C=O) groups excluding carboxylic acids is 1. The molecule has 20 heavy (non-hydrogen) atoms. The van der Waals surface area contributed by atoms with Gasteiger partial charge in [-0.25, -0.2) is 0 Å². The van der Waals surface area contributed by atoms with E-state index in [1.807, 2.05) is 31.2 Å². The normalized spacial score (nSPS) is 16.6. The van der Waals surface area contributed by atoms with Crippen molar-refractivity contribution in [3.8, 4) is 0 Å². The molecule has 1 amide bonds. The van der Waals surface area contributed by atoms with Gasteiger partial charge in [-0.2, -0.15) is 0 Å². The van der Waals surface area contributed by atoms with Crippen molar-refractivity contribution < 1.29 is 9.32 Å². The monoisotopic (exact) mass is 271 g/mol. The van der Waals surface area contributed by atoms with Crippen LogP contribution in [0.4, 0.5) is 5.69 Å². The third-order valence-corrected chi connectivity index (χ3v) is 3.51. The average molecular weight is 271 g/mol. The Morgan fingerprint density at radius 3 is 3.15 bits per heavy atom. The molecule has 0 saturated carbocycles. The average Bonchev–Trinajstić information content (AvgIpc) is 3.04. The molecule has 0 aliphatic carbocycles. The zero-order chi connectivity index (χ0) is 13.9. The number of hydrogen-bond acceptors (Lipinski definition) is 4. The van der Waals surface area contributed by atoms with Gasteiger partial charge in [0.1, 0.15) is 0 Å². The van der Waals surface area contributed by atoms with E-state index in [1.54, 1.807) is 0 Å². The lowest BCUT2D eigenvalue weighted by molar-refractivity contribution is -0.121. The zero-order valence-corrected chi connectivity index (χ0v) is 11.3. The van der Waals surface area contributed by atoms with Crippen molar-refractivity contribution in [2.45, 2.75) is 25.8 Å². The molecule has 0 spiro atoms. The number of benzene rings is 1. The Morgan fingerprint density at radius 1 is 1.50 bits per heavy atom. The maximum absolute atomic E-state index is 12.0. The highest BCUT2D eigenvalue weighted by Crippen LogP contribution is 2.32. The summed E-state index contributed by atoms with van der Waals surface area (Å²) in [7, 11) is 0. The van der Waals surface area contributed by atoms with Crippen LogP contribution in [0.2, 0.25) is 0 Å². The van der Waals surface area contributed by atoms with E-state index in [-0.39, 0.29) is 11.8 Å². The molecule has 1 aromatic carbocycles. The number of nitrogens with zero attached hydrogens (tertiary/aromatic N) is 1. The van der Waals surface area contributed by atoms with Crippen molar-refractivity contribution in [3.05, 3.63) is 47.3 Å². The Morgan fingerprint density at radius 2 is 2.35 bits per heavy atom. The summed E-state index contributed by atoms with van der Waals surface area (Å²) in [5.74, 6) is 0.950. The van der Waals surface area contributed by atoms with Gasteiger partial charge in [0.15, 0.2) is 5.76 Å². The van der Waals surface area contributed by atoms with Crippen LogP contribution in [0.15, 0.2) is 34.9 Å². The number of aromatic nitrogens is 1. The number of para-hydroxylation sites is 1. The molecular formula is C15H17N3O2. The molecule has 1 unspecified atom stereocenters. The molecule has 2 heterocycles. The van der Waals surface area contributed by atoms with E-state index in [1.165, 1.54) is 5.56 Å². The van der Waals surface area contributed by atoms with E-state index in [0.717, 1.165) is 17.9 Å². The first kappa shape index (κ1) is 12.7. The van der Waals surface area contributed by atoms with Crippen LogP contribution in [0.5, 0.6) is 0 Å². The highest BCUT2D eigenvalue weighted by atomic mass is 16.5. The van der Waals surface area contributed by atoms with E-state index in [2.05, 4.69) is 21.9 Å². The number of carbonyl (C=O) groups is 1. The number of hydrogen-bond donors (Lipinski definition) is 2. The SMILES string of the molecule is Cc1cc(CNC(=O)CC2CNc3ccccc32)on1. The fourth-order valence-electron chi connectivity index (χ4n) is 2.52. The van der Waals surface area contributed by atoms with Gasteiger partial charge in [-0.05, 0) is 18.6 Å². The first-order valence-electron chi connectivity index (χ1n) is 6.74. The van der Waals surface area contributed by atoms with Gasteiger partial charge in [-0.3, -0.25) is 4.79 Å². The smallest absolute Gasteiger partial charge is 0.221 e. The van der Waals surface area contributed by atoms with Crippen LogP contribution in [0.1, 0.15) is 29.4 Å². The highest BCUT2D eigenvalue weighted by Gasteiger charge is 2.23. The van der Waals surface area contributed by atoms with Crippen LogP contribution in [0, 0.1) is 6.92 Å². The van der Waals surface area contributed by atoms with Crippen LogP contribution in [0.3, 0.4) is 0 Å². The molecule has 5 nitrogen and oxygen atoms in total. The maximum atomic E-state index is 12.0. The van der Waals surface area contributed by atoms with Crippen molar-refractivity contribution in [2.75, 3.05) is 11.9 Å². The molecule has 2 N–H and O–H groups in total. The Labute approximate surface area is 117 Å². The van der Waals surface area contributed by atoms with Crippen LogP contribution in [-0.2, 0) is 11.3 Å². The van der Waals surface area contributed by atoms with Gasteiger partial charge in [0.05, 0.1) is 12.2 Å². The summed E-state index contributed by atoms with van der Waals surface area (Å²) in [6.07, 6.45) is 0.483. The number of fused-ring (bicyclic) bond motifs is 1. The van der Waals surface area contributed by atoms with Gasteiger partial charge in [-0.15, -0.1) is 0 Å². The van der Waals surface area contributed by atoms with Crippen molar-refractivity contribution in [1.29, 1.82) is 0 Å². The summed E-state index contributed by atoms with van der Waals surface area (Å²) in [6, 6.07) is 9.96. The molecule has 5 heteroatoms. The maximum Gasteiger partial charge on any atom is 0.221 e. The second kappa shape index (κ2) is 5.36. The minimum atomic E-state index is 0.0301. The number of nitrogens with one attached hydrogen (secondary N) is 2. The molecule has 1 aliphatic rings.